The smallest absolute Gasteiger partial charge is 0.260 e. The summed E-state index contributed by atoms with van der Waals surface area (Å²) in [4.78, 5) is 0. The zero-order chi connectivity index (χ0) is 16.1. The molecule has 0 spiro atoms. The van der Waals surface area contributed by atoms with E-state index in [1.165, 1.54) is 0 Å². The topological polar surface area (TPSA) is 96.1 Å². The van der Waals surface area contributed by atoms with Crippen LogP contribution in [0.5, 0.6) is 0 Å². The maximum absolute atomic E-state index is 12.4. The van der Waals surface area contributed by atoms with Crippen molar-refractivity contribution < 1.29 is 13.2 Å². The number of nitrogens with one attached hydrogen (secondary N) is 3. The number of sulfonamides is 1. The van der Waals surface area contributed by atoms with E-state index in [-0.39, 0.29) is 11.6 Å². The van der Waals surface area contributed by atoms with E-state index in [0.717, 1.165) is 12.2 Å². The van der Waals surface area contributed by atoms with Gasteiger partial charge in [0.1, 0.15) is 0 Å². The summed E-state index contributed by atoms with van der Waals surface area (Å²) in [5, 5.41) is 9.83. The summed E-state index contributed by atoms with van der Waals surface area (Å²) in [7, 11) is -3.66. The van der Waals surface area contributed by atoms with Gasteiger partial charge in [-0.2, -0.15) is 5.10 Å². The molecule has 122 valence electrons. The monoisotopic (exact) mass is 318 g/mol. The van der Waals surface area contributed by atoms with Crippen molar-refractivity contribution in [2.24, 2.45) is 0 Å². The number of ether oxygens (including phenoxy) is 1. The lowest BCUT2D eigenvalue weighted by atomic mass is 10.1. The molecule has 7 nitrogen and oxygen atoms in total. The second-order valence-corrected chi connectivity index (χ2v) is 7.11. The van der Waals surface area contributed by atoms with E-state index in [1.54, 1.807) is 0 Å². The summed E-state index contributed by atoms with van der Waals surface area (Å²) in [6, 6.07) is 0. The molecule has 0 saturated heterocycles. The van der Waals surface area contributed by atoms with Gasteiger partial charge in [0.05, 0.1) is 5.60 Å². The molecule has 0 radical (unpaired) electrons. The first-order chi connectivity index (χ1) is 9.73. The molecule has 0 fully saturated rings. The van der Waals surface area contributed by atoms with Crippen LogP contribution in [0, 0.1) is 6.92 Å². The highest BCUT2D eigenvalue weighted by atomic mass is 32.2. The molecule has 1 heterocycles. The van der Waals surface area contributed by atoms with Crippen molar-refractivity contribution in [3.05, 3.63) is 11.3 Å². The van der Waals surface area contributed by atoms with Crippen molar-refractivity contribution in [2.45, 2.75) is 51.8 Å². The lowest BCUT2D eigenvalue weighted by Gasteiger charge is -2.24. The minimum atomic E-state index is -3.66. The molecule has 0 unspecified atom stereocenters. The molecular formula is C13H26N4O3S. The van der Waals surface area contributed by atoms with Gasteiger partial charge >= 0.3 is 0 Å². The normalized spacial score (nSPS) is 12.8. The summed E-state index contributed by atoms with van der Waals surface area (Å²) in [5.74, 6) is 0. The molecule has 1 rings (SSSR count). The number of nitrogens with zero attached hydrogens (tertiary/aromatic N) is 1. The minimum absolute atomic E-state index is 0.0493. The van der Waals surface area contributed by atoms with E-state index in [9.17, 15) is 8.42 Å². The van der Waals surface area contributed by atoms with Gasteiger partial charge in [-0.05, 0) is 34.2 Å². The maximum Gasteiger partial charge on any atom is 0.260 e. The first kappa shape index (κ1) is 18.1. The van der Waals surface area contributed by atoms with Gasteiger partial charge in [0.25, 0.3) is 10.0 Å². The maximum atomic E-state index is 12.4. The number of aromatic nitrogens is 2. The van der Waals surface area contributed by atoms with Gasteiger partial charge in [-0.25, -0.2) is 13.1 Å². The standard InChI is InChI=1S/C13H26N4O3S/c1-6-14-8-11-10(3)16-17-12(11)21(18,19)15-9-13(4,5)20-7-2/h14-15H,6-9H2,1-5H3,(H,16,17). The van der Waals surface area contributed by atoms with Crippen molar-refractivity contribution in [3.63, 3.8) is 0 Å². The Morgan fingerprint density at radius 2 is 2.00 bits per heavy atom. The summed E-state index contributed by atoms with van der Waals surface area (Å²) >= 11 is 0. The van der Waals surface area contributed by atoms with Gasteiger partial charge in [-0.1, -0.05) is 6.92 Å². The Morgan fingerprint density at radius 1 is 1.33 bits per heavy atom. The van der Waals surface area contributed by atoms with Crippen LogP contribution < -0.4 is 10.0 Å². The summed E-state index contributed by atoms with van der Waals surface area (Å²) in [5.41, 5.74) is 0.855. The fourth-order valence-corrected chi connectivity index (χ4v) is 3.28. The number of hydrogen-bond donors (Lipinski definition) is 3. The molecule has 0 amide bonds. The molecule has 1 aromatic rings. The molecule has 3 N–H and O–H groups in total. The van der Waals surface area contributed by atoms with Gasteiger partial charge in [0.2, 0.25) is 0 Å². The number of hydrogen-bond acceptors (Lipinski definition) is 5. The van der Waals surface area contributed by atoms with E-state index in [0.29, 0.717) is 18.7 Å². The lowest BCUT2D eigenvalue weighted by Crippen LogP contribution is -2.40. The van der Waals surface area contributed by atoms with Crippen LogP contribution in [-0.2, 0) is 21.3 Å². The fraction of sp³-hybridized carbons (Fsp3) is 0.769. The van der Waals surface area contributed by atoms with E-state index < -0.39 is 15.6 Å². The predicted molar refractivity (Wildman–Crippen MR) is 81.6 cm³/mol. The third-order valence-electron chi connectivity index (χ3n) is 3.07. The quantitative estimate of drug-likeness (QED) is 0.629. The molecule has 1 aromatic heterocycles. The molecule has 0 atom stereocenters. The third kappa shape index (κ3) is 5.06. The molecule has 0 saturated carbocycles. The number of aryl methyl sites for hydroxylation is 1. The fourth-order valence-electron chi connectivity index (χ4n) is 1.89. The molecule has 0 aliphatic carbocycles. The van der Waals surface area contributed by atoms with Gasteiger partial charge in [0, 0.05) is 31.0 Å². The van der Waals surface area contributed by atoms with Crippen LogP contribution in [0.25, 0.3) is 0 Å². The van der Waals surface area contributed by atoms with E-state index >= 15 is 0 Å². The average Bonchev–Trinajstić information content (AvgIpc) is 2.76. The Hall–Kier alpha value is -0.960. The van der Waals surface area contributed by atoms with Crippen molar-refractivity contribution in [2.75, 3.05) is 19.7 Å². The third-order valence-corrected chi connectivity index (χ3v) is 4.44. The van der Waals surface area contributed by atoms with Crippen LogP contribution in [0.4, 0.5) is 0 Å². The van der Waals surface area contributed by atoms with Gasteiger partial charge in [0.15, 0.2) is 5.03 Å². The molecule has 0 aliphatic rings. The zero-order valence-electron chi connectivity index (χ0n) is 13.4. The summed E-state index contributed by atoms with van der Waals surface area (Å²) < 4.78 is 32.9. The van der Waals surface area contributed by atoms with Crippen LogP contribution in [0.2, 0.25) is 0 Å². The Bertz CT molecular complexity index is 552. The number of rotatable bonds is 9. The lowest BCUT2D eigenvalue weighted by molar-refractivity contribution is -0.00516. The van der Waals surface area contributed by atoms with Crippen molar-refractivity contribution in [1.82, 2.24) is 20.2 Å². The molecule has 21 heavy (non-hydrogen) atoms. The van der Waals surface area contributed by atoms with Crippen molar-refractivity contribution in [1.29, 1.82) is 0 Å². The van der Waals surface area contributed by atoms with E-state index in [2.05, 4.69) is 20.2 Å². The van der Waals surface area contributed by atoms with Crippen LogP contribution >= 0.6 is 0 Å². The van der Waals surface area contributed by atoms with Crippen LogP contribution in [0.3, 0.4) is 0 Å². The average molecular weight is 318 g/mol. The Labute approximate surface area is 126 Å². The van der Waals surface area contributed by atoms with Crippen LogP contribution in [0.1, 0.15) is 39.0 Å². The van der Waals surface area contributed by atoms with Crippen molar-refractivity contribution in [3.8, 4) is 0 Å². The summed E-state index contributed by atoms with van der Waals surface area (Å²) in [6.07, 6.45) is 0. The first-order valence-electron chi connectivity index (χ1n) is 7.11. The Morgan fingerprint density at radius 3 is 2.57 bits per heavy atom. The molecule has 8 heteroatoms. The van der Waals surface area contributed by atoms with Gasteiger partial charge < -0.3 is 10.1 Å². The number of H-pyrrole nitrogens is 1. The highest BCUT2D eigenvalue weighted by Crippen LogP contribution is 2.17. The summed E-state index contributed by atoms with van der Waals surface area (Å²) in [6.45, 7) is 11.3. The highest BCUT2D eigenvalue weighted by Gasteiger charge is 2.27. The predicted octanol–water partition coefficient (Wildman–Crippen LogP) is 0.921. The molecular weight excluding hydrogens is 292 g/mol. The Balaban J connectivity index is 2.88. The van der Waals surface area contributed by atoms with E-state index in [4.69, 9.17) is 4.74 Å². The van der Waals surface area contributed by atoms with Crippen LogP contribution in [0.15, 0.2) is 5.03 Å². The second-order valence-electron chi connectivity index (χ2n) is 5.43. The highest BCUT2D eigenvalue weighted by molar-refractivity contribution is 7.89. The SMILES string of the molecule is CCNCc1c(S(=O)(=O)NCC(C)(C)OCC)n[nH]c1C. The van der Waals surface area contributed by atoms with Gasteiger partial charge in [-0.15, -0.1) is 0 Å². The van der Waals surface area contributed by atoms with Crippen LogP contribution in [-0.4, -0.2) is 43.9 Å². The van der Waals surface area contributed by atoms with E-state index in [1.807, 2.05) is 34.6 Å². The van der Waals surface area contributed by atoms with Gasteiger partial charge in [-0.3, -0.25) is 5.10 Å². The van der Waals surface area contributed by atoms with Crippen molar-refractivity contribution >= 4 is 10.0 Å². The minimum Gasteiger partial charge on any atom is -0.375 e. The zero-order valence-corrected chi connectivity index (χ0v) is 14.2. The first-order valence-corrected chi connectivity index (χ1v) is 8.60. The molecule has 0 aromatic carbocycles. The largest absolute Gasteiger partial charge is 0.375 e. The Kier molecular flexibility index (Phi) is 6.33. The number of aromatic amines is 1. The molecule has 0 aliphatic heterocycles. The molecule has 0 bridgehead atoms. The second kappa shape index (κ2) is 7.35.